The van der Waals surface area contributed by atoms with Crippen molar-refractivity contribution < 1.29 is 15.0 Å². The highest BCUT2D eigenvalue weighted by molar-refractivity contribution is 6.35. The number of nitrogens with one attached hydrogen (secondary N) is 1. The van der Waals surface area contributed by atoms with Gasteiger partial charge < -0.3 is 25.1 Å². The van der Waals surface area contributed by atoms with Gasteiger partial charge in [0.15, 0.2) is 5.43 Å². The number of carboxylic acid groups (broad SMARTS) is 1. The summed E-state index contributed by atoms with van der Waals surface area (Å²) in [5.41, 5.74) is 1.80. The van der Waals surface area contributed by atoms with Crippen molar-refractivity contribution in [1.82, 2.24) is 4.57 Å². The van der Waals surface area contributed by atoms with Crippen LogP contribution in [0.25, 0.3) is 27.4 Å². The van der Waals surface area contributed by atoms with Gasteiger partial charge >= 0.3 is 5.97 Å². The molecule has 0 amide bonds. The summed E-state index contributed by atoms with van der Waals surface area (Å²) in [6.45, 7) is -0.388. The van der Waals surface area contributed by atoms with E-state index in [9.17, 15) is 19.8 Å². The summed E-state index contributed by atoms with van der Waals surface area (Å²) in [6, 6.07) is 7.98. The summed E-state index contributed by atoms with van der Waals surface area (Å²) < 4.78 is 1.53. The average molecular weight is 400 g/mol. The molecule has 0 fully saturated rings. The zero-order valence-corrected chi connectivity index (χ0v) is 16.0. The number of rotatable bonds is 5. The lowest BCUT2D eigenvalue weighted by molar-refractivity contribution is -0.137. The Balaban J connectivity index is 2.60. The molecule has 1 heterocycles. The van der Waals surface area contributed by atoms with Crippen LogP contribution in [0.3, 0.4) is 0 Å². The van der Waals surface area contributed by atoms with E-state index in [1.807, 2.05) is 0 Å². The number of aliphatic hydroxyl groups is 1. The third-order valence-electron chi connectivity index (χ3n) is 4.52. The number of hydrogen-bond acceptors (Lipinski definition) is 5. The Hall–Kier alpha value is -3.32. The molecule has 0 spiro atoms. The van der Waals surface area contributed by atoms with Gasteiger partial charge in [-0.2, -0.15) is 0 Å². The van der Waals surface area contributed by atoms with Crippen molar-refractivity contribution in [2.24, 2.45) is 0 Å². The molecule has 0 unspecified atom stereocenters. The molecule has 0 atom stereocenters. The Bertz CT molecular complexity index is 1210. The lowest BCUT2D eigenvalue weighted by Crippen LogP contribution is -2.20. The molecule has 0 aliphatic rings. The second kappa shape index (κ2) is 7.36. The molecule has 2 aromatic carbocycles. The van der Waals surface area contributed by atoms with Crippen molar-refractivity contribution >= 4 is 56.9 Å². The van der Waals surface area contributed by atoms with E-state index in [-0.39, 0.29) is 17.5 Å². The highest BCUT2D eigenvalue weighted by Gasteiger charge is 2.19. The van der Waals surface area contributed by atoms with E-state index in [1.54, 1.807) is 49.3 Å². The van der Waals surface area contributed by atoms with Gasteiger partial charge in [-0.15, -0.1) is 0 Å². The van der Waals surface area contributed by atoms with Crippen molar-refractivity contribution in [3.8, 4) is 0 Å². The zero-order chi connectivity index (χ0) is 20.6. The molecule has 7 nitrogen and oxygen atoms in total. The summed E-state index contributed by atoms with van der Waals surface area (Å²) in [5, 5.41) is 27.4. The van der Waals surface area contributed by atoms with Gasteiger partial charge in [-0.25, -0.2) is 0 Å². The maximum absolute atomic E-state index is 13.1. The number of aliphatic carboxylic acids is 1. The molecule has 8 heteroatoms. The number of halogens is 1. The first-order valence-electron chi connectivity index (χ1n) is 8.33. The van der Waals surface area contributed by atoms with Crippen molar-refractivity contribution in [2.45, 2.75) is 6.54 Å². The SMILES string of the molecule is CN(C)c1c(Cl)ccc2c(=O)c3ccc(/C(C=N)=C/O)cc3n(CC(=O)O)c12. The van der Waals surface area contributed by atoms with E-state index in [0.717, 1.165) is 12.5 Å². The number of carbonyl (C=O) groups is 1. The normalized spacial score (nSPS) is 11.8. The van der Waals surface area contributed by atoms with Gasteiger partial charge in [0.25, 0.3) is 0 Å². The molecule has 1 aromatic heterocycles. The third-order valence-corrected chi connectivity index (χ3v) is 4.82. The molecule has 28 heavy (non-hydrogen) atoms. The van der Waals surface area contributed by atoms with E-state index in [0.29, 0.717) is 38.1 Å². The fourth-order valence-corrected chi connectivity index (χ4v) is 3.65. The Morgan fingerprint density at radius 1 is 1.25 bits per heavy atom. The van der Waals surface area contributed by atoms with Gasteiger partial charge in [-0.3, -0.25) is 9.59 Å². The molecule has 3 aromatic rings. The Morgan fingerprint density at radius 2 is 1.93 bits per heavy atom. The van der Waals surface area contributed by atoms with Crippen molar-refractivity contribution in [2.75, 3.05) is 19.0 Å². The first-order chi connectivity index (χ1) is 13.3. The summed E-state index contributed by atoms with van der Waals surface area (Å²) in [7, 11) is 3.52. The number of aromatic nitrogens is 1. The van der Waals surface area contributed by atoms with Gasteiger partial charge in [-0.05, 0) is 29.8 Å². The Kier molecular flexibility index (Phi) is 5.11. The minimum Gasteiger partial charge on any atom is -0.515 e. The van der Waals surface area contributed by atoms with E-state index in [2.05, 4.69) is 0 Å². The topological polar surface area (TPSA) is 107 Å². The monoisotopic (exact) mass is 399 g/mol. The predicted octanol–water partition coefficient (Wildman–Crippen LogP) is 3.51. The van der Waals surface area contributed by atoms with Crippen LogP contribution in [0.2, 0.25) is 5.02 Å². The van der Waals surface area contributed by atoms with Crippen LogP contribution in [0.5, 0.6) is 0 Å². The van der Waals surface area contributed by atoms with Crippen molar-refractivity contribution in [3.63, 3.8) is 0 Å². The van der Waals surface area contributed by atoms with Crippen LogP contribution in [-0.2, 0) is 11.3 Å². The number of aliphatic hydroxyl groups excluding tert-OH is 1. The zero-order valence-electron chi connectivity index (χ0n) is 15.2. The maximum atomic E-state index is 13.1. The molecule has 0 saturated heterocycles. The van der Waals surface area contributed by atoms with Crippen LogP contribution in [-0.4, -0.2) is 41.1 Å². The second-order valence-corrected chi connectivity index (χ2v) is 6.86. The highest BCUT2D eigenvalue weighted by atomic mass is 35.5. The molecule has 0 radical (unpaired) electrons. The van der Waals surface area contributed by atoms with E-state index >= 15 is 0 Å². The van der Waals surface area contributed by atoms with Crippen LogP contribution in [0.15, 0.2) is 41.4 Å². The smallest absolute Gasteiger partial charge is 0.323 e. The first kappa shape index (κ1) is 19.4. The van der Waals surface area contributed by atoms with E-state index < -0.39 is 5.97 Å². The molecule has 3 N–H and O–H groups in total. The Labute approximate surface area is 165 Å². The van der Waals surface area contributed by atoms with E-state index in [1.165, 1.54) is 4.57 Å². The lowest BCUT2D eigenvalue weighted by atomic mass is 10.0. The number of anilines is 1. The van der Waals surface area contributed by atoms with Gasteiger partial charge in [0.2, 0.25) is 0 Å². The number of pyridine rings is 1. The molecule has 144 valence electrons. The molecule has 0 aliphatic heterocycles. The third kappa shape index (κ3) is 3.10. The number of carboxylic acids is 1. The number of nitrogens with zero attached hydrogens (tertiary/aromatic N) is 2. The molecule has 0 aliphatic carbocycles. The van der Waals surface area contributed by atoms with Gasteiger partial charge in [-0.1, -0.05) is 17.7 Å². The summed E-state index contributed by atoms with van der Waals surface area (Å²) in [5.74, 6) is -1.08. The van der Waals surface area contributed by atoms with Gasteiger partial charge in [0, 0.05) is 36.7 Å². The fraction of sp³-hybridized carbons (Fsp3) is 0.150. The summed E-state index contributed by atoms with van der Waals surface area (Å²) in [4.78, 5) is 26.4. The molecule has 0 bridgehead atoms. The number of benzene rings is 2. The Morgan fingerprint density at radius 3 is 2.50 bits per heavy atom. The van der Waals surface area contributed by atoms with Crippen LogP contribution in [0, 0.1) is 5.41 Å². The quantitative estimate of drug-likeness (QED) is 0.346. The molecular formula is C20H18ClN3O4. The van der Waals surface area contributed by atoms with Gasteiger partial charge in [0.1, 0.15) is 6.54 Å². The van der Waals surface area contributed by atoms with Crippen LogP contribution in [0.1, 0.15) is 5.56 Å². The van der Waals surface area contributed by atoms with Gasteiger partial charge in [0.05, 0.1) is 28.0 Å². The molecular weight excluding hydrogens is 382 g/mol. The average Bonchev–Trinajstić information content (AvgIpc) is 2.65. The van der Waals surface area contributed by atoms with Crippen LogP contribution >= 0.6 is 11.6 Å². The second-order valence-electron chi connectivity index (χ2n) is 6.46. The predicted molar refractivity (Wildman–Crippen MR) is 112 cm³/mol. The van der Waals surface area contributed by atoms with E-state index in [4.69, 9.17) is 17.0 Å². The summed E-state index contributed by atoms with van der Waals surface area (Å²) in [6.07, 6.45) is 1.76. The molecule has 3 rings (SSSR count). The van der Waals surface area contributed by atoms with Crippen molar-refractivity contribution in [1.29, 1.82) is 5.41 Å². The lowest BCUT2D eigenvalue weighted by Gasteiger charge is -2.22. The first-order valence-corrected chi connectivity index (χ1v) is 8.71. The van der Waals surface area contributed by atoms with Crippen LogP contribution in [0.4, 0.5) is 5.69 Å². The standard InChI is InChI=1S/C20H18ClN3O4/c1-23(2)19-15(21)6-5-14-18(19)24(9-17(26)27)16-7-11(12(8-22)10-25)3-4-13(16)20(14)28/h3-8,10,22,25H,9H2,1-2H3,(H,26,27)/b12-10+,22-8?. The highest BCUT2D eigenvalue weighted by Crippen LogP contribution is 2.34. The largest absolute Gasteiger partial charge is 0.515 e. The number of fused-ring (bicyclic) bond motifs is 2. The minimum absolute atomic E-state index is 0.232. The maximum Gasteiger partial charge on any atom is 0.323 e. The summed E-state index contributed by atoms with van der Waals surface area (Å²) >= 11 is 6.36. The minimum atomic E-state index is -1.08. The number of allylic oxidation sites excluding steroid dienone is 1. The van der Waals surface area contributed by atoms with Crippen LogP contribution < -0.4 is 10.3 Å². The van der Waals surface area contributed by atoms with Crippen molar-refractivity contribution in [3.05, 3.63) is 57.4 Å². The number of hydrogen-bond donors (Lipinski definition) is 3. The fourth-order valence-electron chi connectivity index (χ4n) is 3.32. The molecule has 0 saturated carbocycles.